The van der Waals surface area contributed by atoms with E-state index in [-0.39, 0.29) is 33.8 Å². The molecule has 1 aromatic rings. The van der Waals surface area contributed by atoms with Crippen molar-refractivity contribution in [3.63, 3.8) is 0 Å². The molecule has 4 heteroatoms. The third kappa shape index (κ3) is 3.87. The molecule has 2 N–H and O–H groups in total. The lowest BCUT2D eigenvalue weighted by molar-refractivity contribution is -0.127. The molecule has 0 bridgehead atoms. The number of ketones is 1. The number of amides is 1. The molecule has 0 heterocycles. The third-order valence-electron chi connectivity index (χ3n) is 4.28. The first-order valence-corrected chi connectivity index (χ1v) is 7.70. The summed E-state index contributed by atoms with van der Waals surface area (Å²) in [4.78, 5) is 24.2. The van der Waals surface area contributed by atoms with E-state index in [9.17, 15) is 14.7 Å². The molecular weight excluding hydrogens is 278 g/mol. The summed E-state index contributed by atoms with van der Waals surface area (Å²) in [6.45, 7) is 8.55. The molecule has 0 radical (unpaired) electrons. The molecule has 1 unspecified atom stereocenters. The van der Waals surface area contributed by atoms with Gasteiger partial charge in [0.15, 0.2) is 0 Å². The molecule has 1 aliphatic carbocycles. The average Bonchev–Trinajstić information content (AvgIpc) is 2.36. The maximum atomic E-state index is 12.3. The number of nitrogens with one attached hydrogen (secondary N) is 1. The van der Waals surface area contributed by atoms with E-state index in [1.54, 1.807) is 12.1 Å². The Balaban J connectivity index is 2.07. The summed E-state index contributed by atoms with van der Waals surface area (Å²) in [5.41, 5.74) is 0.946. The second kappa shape index (κ2) is 5.75. The van der Waals surface area contributed by atoms with E-state index in [1.807, 2.05) is 13.8 Å². The second-order valence-electron chi connectivity index (χ2n) is 7.75. The zero-order valence-electron chi connectivity index (χ0n) is 13.8. The summed E-state index contributed by atoms with van der Waals surface area (Å²) in [5, 5.41) is 12.7. The Morgan fingerprint density at radius 1 is 1.27 bits per heavy atom. The summed E-state index contributed by atoms with van der Waals surface area (Å²) in [6.07, 6.45) is 2.00. The fourth-order valence-corrected chi connectivity index (χ4v) is 3.70. The van der Waals surface area contributed by atoms with Crippen LogP contribution in [0.3, 0.4) is 0 Å². The van der Waals surface area contributed by atoms with Crippen LogP contribution in [-0.4, -0.2) is 23.3 Å². The monoisotopic (exact) mass is 303 g/mol. The largest absolute Gasteiger partial charge is 0.507 e. The molecule has 22 heavy (non-hydrogen) atoms. The zero-order valence-corrected chi connectivity index (χ0v) is 13.8. The van der Waals surface area contributed by atoms with Crippen molar-refractivity contribution in [2.45, 2.75) is 47.0 Å². The summed E-state index contributed by atoms with van der Waals surface area (Å²) in [5.74, 6) is -0.0574. The number of aromatic hydroxyl groups is 1. The van der Waals surface area contributed by atoms with Crippen LogP contribution in [-0.2, 0) is 4.79 Å². The van der Waals surface area contributed by atoms with E-state index in [0.717, 1.165) is 12.0 Å². The lowest BCUT2D eigenvalue weighted by Crippen LogP contribution is -2.43. The molecular formula is C18H25NO3. The van der Waals surface area contributed by atoms with Gasteiger partial charge in [-0.15, -0.1) is 0 Å². The van der Waals surface area contributed by atoms with E-state index in [4.69, 9.17) is 0 Å². The molecule has 0 saturated heterocycles. The Hall–Kier alpha value is -1.84. The number of carbonyl (C=O) groups is 2. The van der Waals surface area contributed by atoms with Crippen molar-refractivity contribution in [1.29, 1.82) is 0 Å². The first-order valence-electron chi connectivity index (χ1n) is 7.70. The number of Topliss-reactive ketones (excluding diaryl/α,β-unsaturated/α-hetero) is 1. The average molecular weight is 303 g/mol. The summed E-state index contributed by atoms with van der Waals surface area (Å²) in [7, 11) is 0. The molecule has 1 fully saturated rings. The highest BCUT2D eigenvalue weighted by atomic mass is 16.3. The van der Waals surface area contributed by atoms with E-state index in [2.05, 4.69) is 19.2 Å². The SMILES string of the molecule is Cc1ccc(O)c(C(=O)NCC2(C)CC(=O)CC(C)(C)C2)c1. The number of phenols is 1. The summed E-state index contributed by atoms with van der Waals surface area (Å²) >= 11 is 0. The summed E-state index contributed by atoms with van der Waals surface area (Å²) < 4.78 is 0. The number of rotatable bonds is 3. The van der Waals surface area contributed by atoms with Crippen molar-refractivity contribution in [3.05, 3.63) is 29.3 Å². The topological polar surface area (TPSA) is 66.4 Å². The quantitative estimate of drug-likeness (QED) is 0.901. The Kier molecular flexibility index (Phi) is 4.32. The van der Waals surface area contributed by atoms with Gasteiger partial charge in [-0.05, 0) is 36.3 Å². The number of hydrogen-bond acceptors (Lipinski definition) is 3. The van der Waals surface area contributed by atoms with Crippen molar-refractivity contribution >= 4 is 11.7 Å². The number of benzene rings is 1. The maximum absolute atomic E-state index is 12.3. The van der Waals surface area contributed by atoms with Crippen LogP contribution in [0.2, 0.25) is 0 Å². The molecule has 0 aromatic heterocycles. The highest BCUT2D eigenvalue weighted by molar-refractivity contribution is 5.97. The van der Waals surface area contributed by atoms with E-state index in [1.165, 1.54) is 6.07 Å². The highest BCUT2D eigenvalue weighted by Gasteiger charge is 2.40. The van der Waals surface area contributed by atoms with Gasteiger partial charge in [0.2, 0.25) is 0 Å². The van der Waals surface area contributed by atoms with Gasteiger partial charge < -0.3 is 10.4 Å². The van der Waals surface area contributed by atoms with Gasteiger partial charge >= 0.3 is 0 Å². The first kappa shape index (κ1) is 16.5. The lowest BCUT2D eigenvalue weighted by Gasteiger charge is -2.42. The minimum absolute atomic E-state index is 0.0201. The lowest BCUT2D eigenvalue weighted by atomic mass is 9.64. The number of aryl methyl sites for hydroxylation is 1. The van der Waals surface area contributed by atoms with E-state index >= 15 is 0 Å². The predicted octanol–water partition coefficient (Wildman–Crippen LogP) is 3.22. The molecule has 1 atom stereocenters. The van der Waals surface area contributed by atoms with Gasteiger partial charge in [0.1, 0.15) is 11.5 Å². The molecule has 1 amide bonds. The van der Waals surface area contributed by atoms with Crippen LogP contribution in [0.4, 0.5) is 0 Å². The molecule has 2 rings (SSSR count). The first-order chi connectivity index (χ1) is 10.1. The Bertz CT molecular complexity index is 606. The second-order valence-corrected chi connectivity index (χ2v) is 7.75. The molecule has 0 spiro atoms. The fourth-order valence-electron chi connectivity index (χ4n) is 3.70. The maximum Gasteiger partial charge on any atom is 0.255 e. The normalized spacial score (nSPS) is 24.1. The number of hydrogen-bond donors (Lipinski definition) is 2. The molecule has 1 saturated carbocycles. The van der Waals surface area contributed by atoms with Crippen LogP contribution in [0.15, 0.2) is 18.2 Å². The Labute approximate surface area is 131 Å². The van der Waals surface area contributed by atoms with Crippen LogP contribution >= 0.6 is 0 Å². The highest BCUT2D eigenvalue weighted by Crippen LogP contribution is 2.44. The van der Waals surface area contributed by atoms with Gasteiger partial charge in [0.25, 0.3) is 5.91 Å². The van der Waals surface area contributed by atoms with Crippen molar-refractivity contribution in [1.82, 2.24) is 5.32 Å². The smallest absolute Gasteiger partial charge is 0.255 e. The third-order valence-corrected chi connectivity index (χ3v) is 4.28. The predicted molar refractivity (Wildman–Crippen MR) is 85.9 cm³/mol. The van der Waals surface area contributed by atoms with Gasteiger partial charge in [-0.2, -0.15) is 0 Å². The van der Waals surface area contributed by atoms with Gasteiger partial charge in [-0.1, -0.05) is 32.4 Å². The van der Waals surface area contributed by atoms with Crippen molar-refractivity contribution in [3.8, 4) is 5.75 Å². The number of carbonyl (C=O) groups excluding carboxylic acids is 2. The van der Waals surface area contributed by atoms with Gasteiger partial charge in [0.05, 0.1) is 5.56 Å². The number of phenolic OH excluding ortho intramolecular Hbond substituents is 1. The molecule has 1 aromatic carbocycles. The molecule has 0 aliphatic heterocycles. The zero-order chi connectivity index (χ0) is 16.5. The van der Waals surface area contributed by atoms with E-state index < -0.39 is 0 Å². The Morgan fingerprint density at radius 3 is 2.59 bits per heavy atom. The minimum atomic E-state index is -0.293. The standard InChI is InChI=1S/C18H25NO3/c1-12-5-6-15(21)14(7-12)16(22)19-11-18(4)9-13(20)8-17(2,3)10-18/h5-7,21H,8-11H2,1-4H3,(H,19,22). The van der Waals surface area contributed by atoms with Crippen LogP contribution < -0.4 is 5.32 Å². The van der Waals surface area contributed by atoms with Crippen LogP contribution in [0.5, 0.6) is 5.75 Å². The van der Waals surface area contributed by atoms with Crippen LogP contribution in [0, 0.1) is 17.8 Å². The van der Waals surface area contributed by atoms with Crippen molar-refractivity contribution in [2.24, 2.45) is 10.8 Å². The van der Waals surface area contributed by atoms with Gasteiger partial charge in [-0.3, -0.25) is 9.59 Å². The minimum Gasteiger partial charge on any atom is -0.507 e. The van der Waals surface area contributed by atoms with Crippen molar-refractivity contribution < 1.29 is 14.7 Å². The molecule has 1 aliphatic rings. The Morgan fingerprint density at radius 2 is 1.95 bits per heavy atom. The molecule has 4 nitrogen and oxygen atoms in total. The summed E-state index contributed by atoms with van der Waals surface area (Å²) in [6, 6.07) is 4.96. The van der Waals surface area contributed by atoms with E-state index in [0.29, 0.717) is 19.4 Å². The fraction of sp³-hybridized carbons (Fsp3) is 0.556. The molecule has 120 valence electrons. The van der Waals surface area contributed by atoms with Gasteiger partial charge in [-0.25, -0.2) is 0 Å². The van der Waals surface area contributed by atoms with Crippen molar-refractivity contribution in [2.75, 3.05) is 6.54 Å². The van der Waals surface area contributed by atoms with Crippen LogP contribution in [0.25, 0.3) is 0 Å². The van der Waals surface area contributed by atoms with Crippen LogP contribution in [0.1, 0.15) is 56.0 Å². The van der Waals surface area contributed by atoms with Gasteiger partial charge in [0, 0.05) is 19.4 Å².